The number of hydrogen-bond acceptors (Lipinski definition) is 5. The van der Waals surface area contributed by atoms with Crippen LogP contribution in [0.1, 0.15) is 36.7 Å². The molecule has 4 saturated heterocycles. The van der Waals surface area contributed by atoms with E-state index in [4.69, 9.17) is 0 Å². The van der Waals surface area contributed by atoms with Crippen molar-refractivity contribution in [3.8, 4) is 0 Å². The molecule has 6 rings (SSSR count). The summed E-state index contributed by atoms with van der Waals surface area (Å²) >= 11 is 1.34. The quantitative estimate of drug-likeness (QED) is 0.883. The summed E-state index contributed by atoms with van der Waals surface area (Å²) in [6, 6.07) is 6.11. The predicted molar refractivity (Wildman–Crippen MR) is 106 cm³/mol. The van der Waals surface area contributed by atoms with Crippen LogP contribution in [-0.4, -0.2) is 53.3 Å². The zero-order chi connectivity index (χ0) is 18.5. The van der Waals surface area contributed by atoms with Gasteiger partial charge in [-0.15, -0.1) is 0 Å². The van der Waals surface area contributed by atoms with Gasteiger partial charge < -0.3 is 15.1 Å². The molecule has 1 N–H and O–H groups in total. The minimum Gasteiger partial charge on any atom is -0.346 e. The topological polar surface area (TPSA) is 65.5 Å². The number of hydrogen-bond donors (Lipinski definition) is 1. The zero-order valence-corrected chi connectivity index (χ0v) is 16.3. The molecule has 0 spiro atoms. The second-order valence-corrected chi connectivity index (χ2v) is 8.91. The van der Waals surface area contributed by atoms with Crippen LogP contribution < -0.4 is 10.2 Å². The Bertz CT molecular complexity index is 903. The molecule has 142 valence electrons. The van der Waals surface area contributed by atoms with Gasteiger partial charge in [0.15, 0.2) is 0 Å². The molecule has 1 aromatic heterocycles. The highest BCUT2D eigenvalue weighted by Gasteiger charge is 2.35. The van der Waals surface area contributed by atoms with Crippen LogP contribution in [0.4, 0.5) is 5.69 Å². The van der Waals surface area contributed by atoms with Crippen molar-refractivity contribution in [2.75, 3.05) is 31.1 Å². The molecule has 0 saturated carbocycles. The number of benzene rings is 1. The molecule has 2 atom stereocenters. The van der Waals surface area contributed by atoms with E-state index in [1.807, 2.05) is 30.0 Å². The molecule has 2 bridgehead atoms. The van der Waals surface area contributed by atoms with Crippen molar-refractivity contribution in [1.29, 1.82) is 0 Å². The fraction of sp³-hybridized carbons (Fsp3) is 0.550. The normalized spacial score (nSPS) is 30.3. The monoisotopic (exact) mass is 384 g/mol. The van der Waals surface area contributed by atoms with Gasteiger partial charge in [0.05, 0.1) is 4.70 Å². The molecule has 1 aromatic carbocycles. The van der Waals surface area contributed by atoms with Crippen LogP contribution in [0.15, 0.2) is 18.2 Å². The summed E-state index contributed by atoms with van der Waals surface area (Å²) in [6.45, 7) is 6.01. The Labute approximate surface area is 162 Å². The summed E-state index contributed by atoms with van der Waals surface area (Å²) in [5.41, 5.74) is 1.42. The highest BCUT2D eigenvalue weighted by Crippen LogP contribution is 2.32. The molecular weight excluding hydrogens is 360 g/mol. The van der Waals surface area contributed by atoms with Gasteiger partial charge in [-0.1, -0.05) is 6.92 Å². The first-order chi connectivity index (χ1) is 13.1. The highest BCUT2D eigenvalue weighted by atomic mass is 32.1. The minimum atomic E-state index is -0.0707. The number of carbonyl (C=O) groups is 2. The first kappa shape index (κ1) is 17.1. The zero-order valence-electron chi connectivity index (χ0n) is 15.5. The van der Waals surface area contributed by atoms with Crippen LogP contribution in [-0.2, 0) is 4.79 Å². The largest absolute Gasteiger partial charge is 0.346 e. The number of carbonyl (C=O) groups excluding carboxylic acids is 2. The van der Waals surface area contributed by atoms with Crippen molar-refractivity contribution in [3.05, 3.63) is 23.9 Å². The fourth-order valence-electron chi connectivity index (χ4n) is 4.70. The van der Waals surface area contributed by atoms with Gasteiger partial charge in [0.2, 0.25) is 5.91 Å². The second-order valence-electron chi connectivity index (χ2n) is 8.11. The maximum Gasteiger partial charge on any atom is 0.271 e. The number of nitrogens with zero attached hydrogens (tertiary/aromatic N) is 3. The third-order valence-corrected chi connectivity index (χ3v) is 7.24. The van der Waals surface area contributed by atoms with Crippen LogP contribution in [0.2, 0.25) is 0 Å². The molecule has 7 heteroatoms. The smallest absolute Gasteiger partial charge is 0.271 e. The van der Waals surface area contributed by atoms with Crippen LogP contribution >= 0.6 is 11.5 Å². The van der Waals surface area contributed by atoms with E-state index < -0.39 is 0 Å². The van der Waals surface area contributed by atoms with E-state index >= 15 is 0 Å². The lowest BCUT2D eigenvalue weighted by Gasteiger charge is -2.44. The lowest BCUT2D eigenvalue weighted by Crippen LogP contribution is -2.57. The van der Waals surface area contributed by atoms with Crippen molar-refractivity contribution in [1.82, 2.24) is 14.6 Å². The van der Waals surface area contributed by atoms with Gasteiger partial charge in [0, 0.05) is 36.1 Å². The lowest BCUT2D eigenvalue weighted by molar-refractivity contribution is -0.119. The first-order valence-electron chi connectivity index (χ1n) is 9.84. The Morgan fingerprint density at radius 2 is 2.04 bits per heavy atom. The number of piperidine rings is 3. The molecular formula is C20H24N4O2S. The number of anilines is 1. The third kappa shape index (κ3) is 2.93. The molecule has 0 radical (unpaired) electrons. The molecule has 4 fully saturated rings. The lowest BCUT2D eigenvalue weighted by atomic mass is 9.84. The molecule has 4 aliphatic heterocycles. The SMILES string of the molecule is C[C@H]1CCN(c2ccc3c(C(=O)NC4CN5CCC4CC5)nsc3c2)C1=O. The Morgan fingerprint density at radius 1 is 1.22 bits per heavy atom. The number of nitrogens with one attached hydrogen (secondary N) is 1. The molecule has 6 nitrogen and oxygen atoms in total. The summed E-state index contributed by atoms with van der Waals surface area (Å²) in [4.78, 5) is 29.4. The van der Waals surface area contributed by atoms with E-state index in [1.165, 1.54) is 24.4 Å². The van der Waals surface area contributed by atoms with E-state index in [0.29, 0.717) is 11.6 Å². The van der Waals surface area contributed by atoms with Gasteiger partial charge in [0.1, 0.15) is 5.69 Å². The molecule has 5 heterocycles. The van der Waals surface area contributed by atoms with E-state index in [9.17, 15) is 9.59 Å². The predicted octanol–water partition coefficient (Wildman–Crippen LogP) is 2.49. The summed E-state index contributed by atoms with van der Waals surface area (Å²) in [5, 5.41) is 4.10. The Balaban J connectivity index is 1.36. The Kier molecular flexibility index (Phi) is 4.16. The van der Waals surface area contributed by atoms with E-state index in [0.717, 1.165) is 48.4 Å². The number of amides is 2. The summed E-state index contributed by atoms with van der Waals surface area (Å²) in [7, 11) is 0. The average molecular weight is 385 g/mol. The van der Waals surface area contributed by atoms with Crippen LogP contribution in [0.3, 0.4) is 0 Å². The minimum absolute atomic E-state index is 0.0707. The van der Waals surface area contributed by atoms with Gasteiger partial charge in [-0.3, -0.25) is 9.59 Å². The molecule has 4 aliphatic rings. The van der Waals surface area contributed by atoms with E-state index in [-0.39, 0.29) is 23.8 Å². The second kappa shape index (κ2) is 6.56. The van der Waals surface area contributed by atoms with Gasteiger partial charge in [0.25, 0.3) is 5.91 Å². The molecule has 0 aliphatic carbocycles. The van der Waals surface area contributed by atoms with Crippen molar-refractivity contribution in [2.45, 2.75) is 32.2 Å². The van der Waals surface area contributed by atoms with Crippen LogP contribution in [0, 0.1) is 11.8 Å². The van der Waals surface area contributed by atoms with Gasteiger partial charge in [-0.25, -0.2) is 0 Å². The fourth-order valence-corrected chi connectivity index (χ4v) is 5.51. The van der Waals surface area contributed by atoms with Gasteiger partial charge >= 0.3 is 0 Å². The van der Waals surface area contributed by atoms with Crippen LogP contribution in [0.5, 0.6) is 0 Å². The molecule has 1 unspecified atom stereocenters. The van der Waals surface area contributed by atoms with Gasteiger partial charge in [-0.2, -0.15) is 4.37 Å². The van der Waals surface area contributed by atoms with Crippen molar-refractivity contribution < 1.29 is 9.59 Å². The molecule has 27 heavy (non-hydrogen) atoms. The van der Waals surface area contributed by atoms with E-state index in [2.05, 4.69) is 14.6 Å². The third-order valence-electron chi connectivity index (χ3n) is 6.43. The maximum atomic E-state index is 12.9. The Morgan fingerprint density at radius 3 is 2.70 bits per heavy atom. The van der Waals surface area contributed by atoms with Crippen molar-refractivity contribution in [3.63, 3.8) is 0 Å². The Hall–Kier alpha value is -1.99. The molecule has 2 amide bonds. The van der Waals surface area contributed by atoms with Crippen molar-refractivity contribution >= 4 is 39.1 Å². The van der Waals surface area contributed by atoms with E-state index in [1.54, 1.807) is 0 Å². The maximum absolute atomic E-state index is 12.9. The summed E-state index contributed by atoms with van der Waals surface area (Å²) in [5.74, 6) is 0.793. The van der Waals surface area contributed by atoms with Gasteiger partial charge in [-0.05, 0) is 68.0 Å². The molecule has 2 aromatic rings. The number of aromatic nitrogens is 1. The average Bonchev–Trinajstić information content (AvgIpc) is 3.26. The van der Waals surface area contributed by atoms with Crippen molar-refractivity contribution in [2.24, 2.45) is 11.8 Å². The van der Waals surface area contributed by atoms with Crippen LogP contribution in [0.25, 0.3) is 10.1 Å². The number of fused-ring (bicyclic) bond motifs is 4. The summed E-state index contributed by atoms with van der Waals surface area (Å²) in [6.07, 6.45) is 3.25. The number of rotatable bonds is 3. The standard InChI is InChI=1S/C20H24N4O2S/c1-12-4-9-24(20(12)26)14-2-3-15-17(10-14)27-22-18(15)19(25)21-16-11-23-7-5-13(16)6-8-23/h2-3,10,12-13,16H,4-9,11H2,1H3,(H,21,25)/t12-,16?/m0/s1. The highest BCUT2D eigenvalue weighted by molar-refractivity contribution is 7.13. The first-order valence-corrected chi connectivity index (χ1v) is 10.6. The summed E-state index contributed by atoms with van der Waals surface area (Å²) < 4.78 is 5.39.